The number of thioether (sulfide) groups is 1. The number of benzene rings is 3. The lowest BCUT2D eigenvalue weighted by atomic mass is 10.2. The summed E-state index contributed by atoms with van der Waals surface area (Å²) < 4.78 is 6.99. The molecule has 178 valence electrons. The molecule has 8 heteroatoms. The molecule has 7 nitrogen and oxygen atoms in total. The summed E-state index contributed by atoms with van der Waals surface area (Å²) in [5.74, 6) is -0.156. The van der Waals surface area contributed by atoms with Crippen LogP contribution in [0.3, 0.4) is 0 Å². The predicted molar refractivity (Wildman–Crippen MR) is 141 cm³/mol. The highest BCUT2D eigenvalue weighted by molar-refractivity contribution is 8.00. The molecule has 0 spiro atoms. The number of nitrogens with one attached hydrogen (secondary N) is 1. The van der Waals surface area contributed by atoms with Gasteiger partial charge in [0.25, 0.3) is 5.56 Å². The van der Waals surface area contributed by atoms with Gasteiger partial charge in [-0.1, -0.05) is 42.1 Å². The fraction of sp³-hybridized carbons (Fsp3) is 0.222. The number of carbonyl (C=O) groups excluding carboxylic acids is 1. The van der Waals surface area contributed by atoms with Gasteiger partial charge in [0.1, 0.15) is 0 Å². The van der Waals surface area contributed by atoms with Crippen molar-refractivity contribution < 1.29 is 9.53 Å². The van der Waals surface area contributed by atoms with Crippen LogP contribution in [0.5, 0.6) is 0 Å². The Morgan fingerprint density at radius 1 is 0.943 bits per heavy atom. The first-order valence-corrected chi connectivity index (χ1v) is 12.5. The number of nitrogens with zero attached hydrogens (tertiary/aromatic N) is 3. The van der Waals surface area contributed by atoms with Gasteiger partial charge in [-0.25, -0.2) is 4.98 Å². The number of hydrogen-bond acceptors (Lipinski definition) is 6. The monoisotopic (exact) mass is 486 g/mol. The van der Waals surface area contributed by atoms with Gasteiger partial charge in [0.05, 0.1) is 35.1 Å². The number of hydrogen-bond donors (Lipinski definition) is 1. The second-order valence-corrected chi connectivity index (χ2v) is 9.59. The molecule has 1 amide bonds. The molecule has 2 heterocycles. The molecule has 1 aliphatic heterocycles. The molecule has 0 bridgehead atoms. The molecule has 1 fully saturated rings. The highest BCUT2D eigenvalue weighted by Crippen LogP contribution is 2.26. The van der Waals surface area contributed by atoms with Gasteiger partial charge in [-0.05, 0) is 55.5 Å². The van der Waals surface area contributed by atoms with E-state index in [1.165, 1.54) is 11.8 Å². The summed E-state index contributed by atoms with van der Waals surface area (Å²) in [6.45, 7) is 5.00. The predicted octanol–water partition coefficient (Wildman–Crippen LogP) is 4.34. The summed E-state index contributed by atoms with van der Waals surface area (Å²) in [4.78, 5) is 33.4. The molecular weight excluding hydrogens is 460 g/mol. The number of morpholine rings is 1. The summed E-state index contributed by atoms with van der Waals surface area (Å²) in [5, 5.41) is 3.53. The molecule has 0 aliphatic carbocycles. The van der Waals surface area contributed by atoms with Gasteiger partial charge in [0.2, 0.25) is 5.91 Å². The largest absolute Gasteiger partial charge is 0.378 e. The van der Waals surface area contributed by atoms with Crippen molar-refractivity contribution in [2.45, 2.75) is 17.3 Å². The SMILES string of the molecule is CC(Sc1nc2ccccc2c(=O)n1-c1ccccc1)C(=O)Nc1ccc(N2CCOCC2)cc1. The Morgan fingerprint density at radius 2 is 1.63 bits per heavy atom. The van der Waals surface area contributed by atoms with E-state index in [9.17, 15) is 9.59 Å². The van der Waals surface area contributed by atoms with Crippen molar-refractivity contribution in [1.82, 2.24) is 9.55 Å². The Bertz CT molecular complexity index is 1380. The van der Waals surface area contributed by atoms with E-state index in [1.54, 1.807) is 10.6 Å². The zero-order chi connectivity index (χ0) is 24.2. The number of para-hydroxylation sites is 2. The number of ether oxygens (including phenoxy) is 1. The maximum absolute atomic E-state index is 13.4. The first-order valence-electron chi connectivity index (χ1n) is 11.6. The molecular formula is C27H26N4O3S. The van der Waals surface area contributed by atoms with Crippen LogP contribution in [0.15, 0.2) is 88.8 Å². The molecule has 1 saturated heterocycles. The van der Waals surface area contributed by atoms with Crippen molar-refractivity contribution in [3.05, 3.63) is 89.2 Å². The van der Waals surface area contributed by atoms with Crippen molar-refractivity contribution in [2.75, 3.05) is 36.5 Å². The number of fused-ring (bicyclic) bond motifs is 1. The van der Waals surface area contributed by atoms with E-state index in [2.05, 4.69) is 10.2 Å². The van der Waals surface area contributed by atoms with E-state index in [4.69, 9.17) is 9.72 Å². The van der Waals surface area contributed by atoms with Gasteiger partial charge in [-0.15, -0.1) is 0 Å². The minimum Gasteiger partial charge on any atom is -0.378 e. The lowest BCUT2D eigenvalue weighted by molar-refractivity contribution is -0.115. The molecule has 3 aromatic carbocycles. The first kappa shape index (κ1) is 23.1. The van der Waals surface area contributed by atoms with Crippen molar-refractivity contribution in [3.8, 4) is 5.69 Å². The van der Waals surface area contributed by atoms with Crippen LogP contribution in [0.2, 0.25) is 0 Å². The zero-order valence-corrected chi connectivity index (χ0v) is 20.2. The number of amides is 1. The third-order valence-corrected chi connectivity index (χ3v) is 6.97. The quantitative estimate of drug-likeness (QED) is 0.323. The van der Waals surface area contributed by atoms with Crippen LogP contribution in [-0.2, 0) is 9.53 Å². The topological polar surface area (TPSA) is 76.5 Å². The van der Waals surface area contributed by atoms with E-state index < -0.39 is 5.25 Å². The van der Waals surface area contributed by atoms with Crippen LogP contribution in [0.1, 0.15) is 6.92 Å². The molecule has 1 N–H and O–H groups in total. The summed E-state index contributed by atoms with van der Waals surface area (Å²) in [6, 6.07) is 24.5. The second kappa shape index (κ2) is 10.3. The molecule has 1 atom stereocenters. The van der Waals surface area contributed by atoms with Crippen molar-refractivity contribution in [3.63, 3.8) is 0 Å². The maximum Gasteiger partial charge on any atom is 0.266 e. The highest BCUT2D eigenvalue weighted by Gasteiger charge is 2.20. The van der Waals surface area contributed by atoms with Crippen LogP contribution in [0.4, 0.5) is 11.4 Å². The zero-order valence-electron chi connectivity index (χ0n) is 19.4. The van der Waals surface area contributed by atoms with E-state index in [0.29, 0.717) is 21.7 Å². The third-order valence-electron chi connectivity index (χ3n) is 5.92. The number of aromatic nitrogens is 2. The maximum atomic E-state index is 13.4. The number of anilines is 2. The Labute approximate surface area is 207 Å². The fourth-order valence-electron chi connectivity index (χ4n) is 4.03. The van der Waals surface area contributed by atoms with Crippen molar-refractivity contribution >= 4 is 39.9 Å². The van der Waals surface area contributed by atoms with E-state index in [1.807, 2.05) is 79.7 Å². The summed E-state index contributed by atoms with van der Waals surface area (Å²) >= 11 is 1.26. The van der Waals surface area contributed by atoms with Gasteiger partial charge < -0.3 is 15.0 Å². The summed E-state index contributed by atoms with van der Waals surface area (Å²) in [7, 11) is 0. The summed E-state index contributed by atoms with van der Waals surface area (Å²) in [5.41, 5.74) is 3.01. The fourth-order valence-corrected chi connectivity index (χ4v) is 4.96. The van der Waals surface area contributed by atoms with Crippen LogP contribution in [0.25, 0.3) is 16.6 Å². The van der Waals surface area contributed by atoms with Gasteiger partial charge >= 0.3 is 0 Å². The van der Waals surface area contributed by atoms with Crippen molar-refractivity contribution in [1.29, 1.82) is 0 Å². The second-order valence-electron chi connectivity index (χ2n) is 8.28. The Balaban J connectivity index is 1.37. The molecule has 0 saturated carbocycles. The van der Waals surface area contributed by atoms with Gasteiger partial charge in [0, 0.05) is 24.5 Å². The number of rotatable bonds is 6. The molecule has 35 heavy (non-hydrogen) atoms. The number of carbonyl (C=O) groups is 1. The average Bonchev–Trinajstić information content (AvgIpc) is 2.90. The van der Waals surface area contributed by atoms with E-state index in [0.717, 1.165) is 37.7 Å². The van der Waals surface area contributed by atoms with Crippen LogP contribution >= 0.6 is 11.8 Å². The van der Waals surface area contributed by atoms with Crippen molar-refractivity contribution in [2.24, 2.45) is 0 Å². The third kappa shape index (κ3) is 5.08. The van der Waals surface area contributed by atoms with Crippen LogP contribution < -0.4 is 15.8 Å². The molecule has 4 aromatic rings. The van der Waals surface area contributed by atoms with E-state index in [-0.39, 0.29) is 11.5 Å². The Kier molecular flexibility index (Phi) is 6.83. The standard InChI is InChI=1S/C27H26N4O3S/c1-19(25(32)28-20-11-13-21(14-12-20)30-15-17-34-18-16-30)35-27-29-24-10-6-5-9-23(24)26(33)31(27)22-7-3-2-4-8-22/h2-14,19H,15-18H2,1H3,(H,28,32). The lowest BCUT2D eigenvalue weighted by Gasteiger charge is -2.28. The molecule has 0 radical (unpaired) electrons. The Hall–Kier alpha value is -3.62. The van der Waals surface area contributed by atoms with Crippen LogP contribution in [0, 0.1) is 0 Å². The first-order chi connectivity index (χ1) is 17.1. The van der Waals surface area contributed by atoms with E-state index >= 15 is 0 Å². The molecule has 1 unspecified atom stereocenters. The lowest BCUT2D eigenvalue weighted by Crippen LogP contribution is -2.36. The normalized spacial score (nSPS) is 14.6. The van der Waals surface area contributed by atoms with Gasteiger partial charge in [-0.3, -0.25) is 14.2 Å². The smallest absolute Gasteiger partial charge is 0.266 e. The average molecular weight is 487 g/mol. The van der Waals surface area contributed by atoms with Gasteiger partial charge in [-0.2, -0.15) is 0 Å². The molecule has 1 aromatic heterocycles. The summed E-state index contributed by atoms with van der Waals surface area (Å²) in [6.07, 6.45) is 0. The minimum atomic E-state index is -0.475. The van der Waals surface area contributed by atoms with Crippen LogP contribution in [-0.4, -0.2) is 47.0 Å². The Morgan fingerprint density at radius 3 is 2.37 bits per heavy atom. The highest BCUT2D eigenvalue weighted by atomic mass is 32.2. The van der Waals surface area contributed by atoms with Gasteiger partial charge in [0.15, 0.2) is 5.16 Å². The molecule has 5 rings (SSSR count). The minimum absolute atomic E-state index is 0.156. The molecule has 1 aliphatic rings.